The number of carbonyl (C=O) groups excluding carboxylic acids is 1. The van der Waals surface area contributed by atoms with Crippen LogP contribution in [0.3, 0.4) is 0 Å². The van der Waals surface area contributed by atoms with Crippen LogP contribution < -0.4 is 0 Å². The molecule has 1 heterocycles. The van der Waals surface area contributed by atoms with Gasteiger partial charge >= 0.3 is 0 Å². The lowest BCUT2D eigenvalue weighted by Gasteiger charge is -2.31. The number of aryl methyl sites for hydroxylation is 1. The molecule has 1 fully saturated rings. The fraction of sp³-hybridized carbons (Fsp3) is 0.500. The Morgan fingerprint density at radius 1 is 1.21 bits per heavy atom. The van der Waals surface area contributed by atoms with Crippen LogP contribution in [0.2, 0.25) is 0 Å². The summed E-state index contributed by atoms with van der Waals surface area (Å²) in [6.07, 6.45) is 7.56. The van der Waals surface area contributed by atoms with Crippen molar-refractivity contribution in [3.63, 3.8) is 0 Å². The fourth-order valence-electron chi connectivity index (χ4n) is 3.36. The summed E-state index contributed by atoms with van der Waals surface area (Å²) in [6.45, 7) is 2.16. The molecule has 3 rings (SSSR count). The first-order valence-corrected chi connectivity index (χ1v) is 9.84. The zero-order valence-electron chi connectivity index (χ0n) is 14.6. The van der Waals surface area contributed by atoms with Crippen LogP contribution >= 0.6 is 11.3 Å². The molecule has 0 bridgehead atoms. The van der Waals surface area contributed by atoms with Gasteiger partial charge in [0.05, 0.1) is 12.1 Å². The molecule has 1 aromatic carbocycles. The SMILES string of the molecule is CCc1ccc(-c2nc(CC(=O)N(C)C3CCCCC3)cs2)cc1. The smallest absolute Gasteiger partial charge is 0.228 e. The second kappa shape index (κ2) is 7.93. The Balaban J connectivity index is 1.63. The van der Waals surface area contributed by atoms with Crippen LogP contribution in [0.1, 0.15) is 50.3 Å². The third-order valence-electron chi connectivity index (χ3n) is 5.01. The lowest BCUT2D eigenvalue weighted by atomic mass is 9.94. The minimum absolute atomic E-state index is 0.195. The summed E-state index contributed by atoms with van der Waals surface area (Å²) in [7, 11) is 1.95. The zero-order chi connectivity index (χ0) is 16.9. The van der Waals surface area contributed by atoms with E-state index in [-0.39, 0.29) is 5.91 Å². The van der Waals surface area contributed by atoms with E-state index in [1.165, 1.54) is 24.8 Å². The lowest BCUT2D eigenvalue weighted by Crippen LogP contribution is -2.39. The molecule has 0 atom stereocenters. The average molecular weight is 343 g/mol. The molecule has 1 aliphatic carbocycles. The fourth-order valence-corrected chi connectivity index (χ4v) is 4.18. The number of benzene rings is 1. The first kappa shape index (κ1) is 17.2. The van der Waals surface area contributed by atoms with E-state index in [9.17, 15) is 4.79 Å². The molecular formula is C20H26N2OS. The van der Waals surface area contributed by atoms with Crippen molar-refractivity contribution >= 4 is 17.2 Å². The number of carbonyl (C=O) groups is 1. The molecule has 1 saturated carbocycles. The van der Waals surface area contributed by atoms with Crippen LogP contribution in [-0.4, -0.2) is 28.9 Å². The molecule has 0 radical (unpaired) electrons. The van der Waals surface area contributed by atoms with Crippen LogP contribution in [0, 0.1) is 0 Å². The predicted octanol–water partition coefficient (Wildman–Crippen LogP) is 4.71. The summed E-state index contributed by atoms with van der Waals surface area (Å²) in [5.41, 5.74) is 3.36. The quantitative estimate of drug-likeness (QED) is 0.788. The summed E-state index contributed by atoms with van der Waals surface area (Å²) in [4.78, 5) is 19.2. The second-order valence-corrected chi connectivity index (χ2v) is 7.53. The molecular weight excluding hydrogens is 316 g/mol. The van der Waals surface area contributed by atoms with Crippen molar-refractivity contribution in [2.24, 2.45) is 0 Å². The van der Waals surface area contributed by atoms with Crippen molar-refractivity contribution in [2.45, 2.75) is 57.9 Å². The standard InChI is InChI=1S/C20H26N2OS/c1-3-15-9-11-16(12-10-15)20-21-17(14-24-20)13-19(23)22(2)18-7-5-4-6-8-18/h9-12,14,18H,3-8,13H2,1-2H3. The van der Waals surface area contributed by atoms with E-state index in [1.807, 2.05) is 17.3 Å². The minimum atomic E-state index is 0.195. The van der Waals surface area contributed by atoms with Gasteiger partial charge < -0.3 is 4.90 Å². The van der Waals surface area contributed by atoms with Crippen LogP contribution in [0.4, 0.5) is 0 Å². The van der Waals surface area contributed by atoms with Gasteiger partial charge in [-0.25, -0.2) is 4.98 Å². The van der Waals surface area contributed by atoms with Gasteiger partial charge in [0.1, 0.15) is 5.01 Å². The van der Waals surface area contributed by atoms with E-state index in [2.05, 4.69) is 36.2 Å². The van der Waals surface area contributed by atoms with Crippen molar-refractivity contribution in [2.75, 3.05) is 7.05 Å². The average Bonchev–Trinajstić information content (AvgIpc) is 3.10. The summed E-state index contributed by atoms with van der Waals surface area (Å²) in [5, 5.41) is 3.02. The Morgan fingerprint density at radius 3 is 2.58 bits per heavy atom. The van der Waals surface area contributed by atoms with Crippen molar-refractivity contribution < 1.29 is 4.79 Å². The van der Waals surface area contributed by atoms with Crippen molar-refractivity contribution in [3.8, 4) is 10.6 Å². The van der Waals surface area contributed by atoms with E-state index in [4.69, 9.17) is 0 Å². The number of amides is 1. The highest BCUT2D eigenvalue weighted by molar-refractivity contribution is 7.13. The summed E-state index contributed by atoms with van der Waals surface area (Å²) in [6, 6.07) is 8.97. The van der Waals surface area contributed by atoms with E-state index < -0.39 is 0 Å². The highest BCUT2D eigenvalue weighted by Crippen LogP contribution is 2.26. The zero-order valence-corrected chi connectivity index (χ0v) is 15.4. The monoisotopic (exact) mass is 342 g/mol. The molecule has 4 heteroatoms. The number of hydrogen-bond donors (Lipinski definition) is 0. The maximum Gasteiger partial charge on any atom is 0.228 e. The van der Waals surface area contributed by atoms with Gasteiger partial charge in [-0.1, -0.05) is 50.5 Å². The minimum Gasteiger partial charge on any atom is -0.342 e. The van der Waals surface area contributed by atoms with Crippen LogP contribution in [0.25, 0.3) is 10.6 Å². The largest absolute Gasteiger partial charge is 0.342 e. The van der Waals surface area contributed by atoms with Gasteiger partial charge in [-0.2, -0.15) is 0 Å². The van der Waals surface area contributed by atoms with Crippen LogP contribution in [0.15, 0.2) is 29.6 Å². The number of likely N-dealkylation sites (N-methyl/N-ethyl adjacent to an activating group) is 1. The Hall–Kier alpha value is -1.68. The Bertz CT molecular complexity index is 671. The van der Waals surface area contributed by atoms with Crippen LogP contribution in [0.5, 0.6) is 0 Å². The molecule has 1 amide bonds. The molecule has 1 aromatic heterocycles. The molecule has 3 nitrogen and oxygen atoms in total. The maximum atomic E-state index is 12.5. The Labute approximate surface area is 148 Å². The van der Waals surface area contributed by atoms with E-state index in [0.717, 1.165) is 35.5 Å². The molecule has 1 aliphatic rings. The molecule has 0 saturated heterocycles. The van der Waals surface area contributed by atoms with E-state index >= 15 is 0 Å². The van der Waals surface area contributed by atoms with Gasteiger partial charge in [0, 0.05) is 24.0 Å². The Kier molecular flexibility index (Phi) is 5.67. The summed E-state index contributed by atoms with van der Waals surface area (Å²) < 4.78 is 0. The number of nitrogens with zero attached hydrogens (tertiary/aromatic N) is 2. The van der Waals surface area contributed by atoms with E-state index in [1.54, 1.807) is 11.3 Å². The van der Waals surface area contributed by atoms with Crippen LogP contribution in [-0.2, 0) is 17.6 Å². The highest BCUT2D eigenvalue weighted by atomic mass is 32.1. The first-order chi connectivity index (χ1) is 11.7. The lowest BCUT2D eigenvalue weighted by molar-refractivity contribution is -0.131. The number of rotatable bonds is 5. The predicted molar refractivity (Wildman–Crippen MR) is 100 cm³/mol. The molecule has 0 spiro atoms. The van der Waals surface area contributed by atoms with Gasteiger partial charge in [0.2, 0.25) is 5.91 Å². The highest BCUT2D eigenvalue weighted by Gasteiger charge is 2.22. The van der Waals surface area contributed by atoms with E-state index in [0.29, 0.717) is 12.5 Å². The first-order valence-electron chi connectivity index (χ1n) is 8.96. The maximum absolute atomic E-state index is 12.5. The van der Waals surface area contributed by atoms with Gasteiger partial charge in [-0.3, -0.25) is 4.79 Å². The third kappa shape index (κ3) is 4.04. The van der Waals surface area contributed by atoms with Crippen molar-refractivity contribution in [1.82, 2.24) is 9.88 Å². The topological polar surface area (TPSA) is 33.2 Å². The van der Waals surface area contributed by atoms with Gasteiger partial charge in [-0.05, 0) is 24.8 Å². The molecule has 0 aliphatic heterocycles. The Morgan fingerprint density at radius 2 is 1.92 bits per heavy atom. The molecule has 24 heavy (non-hydrogen) atoms. The molecule has 128 valence electrons. The summed E-state index contributed by atoms with van der Waals surface area (Å²) >= 11 is 1.62. The van der Waals surface area contributed by atoms with Crippen molar-refractivity contribution in [1.29, 1.82) is 0 Å². The molecule has 0 unspecified atom stereocenters. The number of hydrogen-bond acceptors (Lipinski definition) is 3. The van der Waals surface area contributed by atoms with Gasteiger partial charge in [0.15, 0.2) is 0 Å². The molecule has 0 N–H and O–H groups in total. The van der Waals surface area contributed by atoms with Gasteiger partial charge in [-0.15, -0.1) is 11.3 Å². The van der Waals surface area contributed by atoms with Gasteiger partial charge in [0.25, 0.3) is 0 Å². The molecule has 2 aromatic rings. The second-order valence-electron chi connectivity index (χ2n) is 6.67. The summed E-state index contributed by atoms with van der Waals surface area (Å²) in [5.74, 6) is 0.195. The van der Waals surface area contributed by atoms with Crippen molar-refractivity contribution in [3.05, 3.63) is 40.9 Å². The third-order valence-corrected chi connectivity index (χ3v) is 5.95. The number of aromatic nitrogens is 1. The number of thiazole rings is 1. The normalized spacial score (nSPS) is 15.4.